The highest BCUT2D eigenvalue weighted by molar-refractivity contribution is 7.90. The highest BCUT2D eigenvalue weighted by Crippen LogP contribution is 2.27. The first kappa shape index (κ1) is 10.6. The zero-order valence-corrected chi connectivity index (χ0v) is 10.3. The Morgan fingerprint density at radius 1 is 1.27 bits per heavy atom. The molecule has 4 heteroatoms. The molecule has 0 aliphatic heterocycles. The van der Waals surface area contributed by atoms with Crippen molar-refractivity contribution in [2.75, 3.05) is 6.26 Å². The SMILES string of the molecule is Cc1ccc2cc(CS(C)(=O)=O)sc2c1. The summed E-state index contributed by atoms with van der Waals surface area (Å²) in [6, 6.07) is 8.12. The summed E-state index contributed by atoms with van der Waals surface area (Å²) in [5.41, 5.74) is 1.20. The van der Waals surface area contributed by atoms with Gasteiger partial charge >= 0.3 is 0 Å². The summed E-state index contributed by atoms with van der Waals surface area (Å²) in [7, 11) is -2.92. The van der Waals surface area contributed by atoms with Gasteiger partial charge in [0, 0.05) is 15.8 Å². The maximum absolute atomic E-state index is 11.2. The van der Waals surface area contributed by atoms with Crippen LogP contribution in [0.2, 0.25) is 0 Å². The predicted octanol–water partition coefficient (Wildman–Crippen LogP) is 2.75. The smallest absolute Gasteiger partial charge is 0.152 e. The number of benzene rings is 1. The Morgan fingerprint density at radius 3 is 2.67 bits per heavy atom. The van der Waals surface area contributed by atoms with E-state index in [1.54, 1.807) is 11.3 Å². The number of fused-ring (bicyclic) bond motifs is 1. The van der Waals surface area contributed by atoms with Gasteiger partial charge in [-0.15, -0.1) is 11.3 Å². The van der Waals surface area contributed by atoms with Gasteiger partial charge in [0.25, 0.3) is 0 Å². The van der Waals surface area contributed by atoms with Crippen LogP contribution < -0.4 is 0 Å². The Kier molecular flexibility index (Phi) is 2.56. The van der Waals surface area contributed by atoms with Gasteiger partial charge in [-0.2, -0.15) is 0 Å². The largest absolute Gasteiger partial charge is 0.229 e. The molecule has 1 heterocycles. The molecular weight excluding hydrogens is 228 g/mol. The van der Waals surface area contributed by atoms with Gasteiger partial charge in [0.1, 0.15) is 0 Å². The van der Waals surface area contributed by atoms with Crippen LogP contribution in [0.3, 0.4) is 0 Å². The third kappa shape index (κ3) is 2.58. The van der Waals surface area contributed by atoms with Crippen molar-refractivity contribution in [2.45, 2.75) is 12.7 Å². The lowest BCUT2D eigenvalue weighted by molar-refractivity contribution is 0.601. The van der Waals surface area contributed by atoms with Crippen LogP contribution in [0.25, 0.3) is 10.1 Å². The molecule has 1 aromatic carbocycles. The molecular formula is C11H12O2S2. The monoisotopic (exact) mass is 240 g/mol. The number of thiophene rings is 1. The fourth-order valence-electron chi connectivity index (χ4n) is 1.52. The average molecular weight is 240 g/mol. The van der Waals surface area contributed by atoms with Gasteiger partial charge in [0.05, 0.1) is 5.75 Å². The first-order valence-corrected chi connectivity index (χ1v) is 7.48. The van der Waals surface area contributed by atoms with E-state index in [0.29, 0.717) is 0 Å². The van der Waals surface area contributed by atoms with Crippen LogP contribution >= 0.6 is 11.3 Å². The van der Waals surface area contributed by atoms with Crippen LogP contribution in [0.15, 0.2) is 24.3 Å². The molecule has 2 rings (SSSR count). The van der Waals surface area contributed by atoms with E-state index in [2.05, 4.69) is 6.07 Å². The third-order valence-electron chi connectivity index (χ3n) is 2.13. The lowest BCUT2D eigenvalue weighted by Gasteiger charge is -1.91. The van der Waals surface area contributed by atoms with E-state index in [4.69, 9.17) is 0 Å². The van der Waals surface area contributed by atoms with E-state index < -0.39 is 9.84 Å². The maximum Gasteiger partial charge on any atom is 0.152 e. The van der Waals surface area contributed by atoms with Gasteiger partial charge in [0.15, 0.2) is 9.84 Å². The first-order chi connectivity index (χ1) is 6.94. The van der Waals surface area contributed by atoms with Crippen molar-refractivity contribution in [3.8, 4) is 0 Å². The first-order valence-electron chi connectivity index (χ1n) is 4.61. The highest BCUT2D eigenvalue weighted by atomic mass is 32.2. The van der Waals surface area contributed by atoms with Crippen LogP contribution in [-0.2, 0) is 15.6 Å². The van der Waals surface area contributed by atoms with Crippen molar-refractivity contribution in [1.82, 2.24) is 0 Å². The lowest BCUT2D eigenvalue weighted by Crippen LogP contribution is -1.98. The summed E-state index contributed by atoms with van der Waals surface area (Å²) in [6.07, 6.45) is 1.27. The van der Waals surface area contributed by atoms with Crippen molar-refractivity contribution >= 4 is 31.3 Å². The molecule has 2 aromatic rings. The molecule has 0 amide bonds. The molecule has 15 heavy (non-hydrogen) atoms. The van der Waals surface area contributed by atoms with Crippen molar-refractivity contribution in [1.29, 1.82) is 0 Å². The van der Waals surface area contributed by atoms with Crippen LogP contribution in [0.1, 0.15) is 10.4 Å². The Bertz CT molecular complexity index is 594. The molecule has 0 aliphatic carbocycles. The number of hydrogen-bond acceptors (Lipinski definition) is 3. The van der Waals surface area contributed by atoms with E-state index in [9.17, 15) is 8.42 Å². The van der Waals surface area contributed by atoms with Crippen LogP contribution in [0.5, 0.6) is 0 Å². The molecule has 0 saturated carbocycles. The van der Waals surface area contributed by atoms with Crippen molar-refractivity contribution in [3.05, 3.63) is 34.7 Å². The molecule has 0 saturated heterocycles. The predicted molar refractivity (Wildman–Crippen MR) is 65.1 cm³/mol. The van der Waals surface area contributed by atoms with Crippen molar-refractivity contribution in [2.24, 2.45) is 0 Å². The Balaban J connectivity index is 2.48. The van der Waals surface area contributed by atoms with Crippen molar-refractivity contribution in [3.63, 3.8) is 0 Å². The Hall–Kier alpha value is -0.870. The molecule has 0 radical (unpaired) electrons. The summed E-state index contributed by atoms with van der Waals surface area (Å²) in [5.74, 6) is 0.144. The van der Waals surface area contributed by atoms with Gasteiger partial charge in [-0.3, -0.25) is 0 Å². The zero-order valence-electron chi connectivity index (χ0n) is 8.65. The molecule has 0 N–H and O–H groups in total. The summed E-state index contributed by atoms with van der Waals surface area (Å²) in [5, 5.41) is 1.13. The quantitative estimate of drug-likeness (QED) is 0.809. The zero-order chi connectivity index (χ0) is 11.1. The molecule has 80 valence electrons. The summed E-state index contributed by atoms with van der Waals surface area (Å²) in [4.78, 5) is 0.915. The third-order valence-corrected chi connectivity index (χ3v) is 4.25. The number of hydrogen-bond donors (Lipinski definition) is 0. The molecule has 0 bridgehead atoms. The maximum atomic E-state index is 11.2. The van der Waals surface area contributed by atoms with Crippen molar-refractivity contribution < 1.29 is 8.42 Å². The average Bonchev–Trinajstić information content (AvgIpc) is 2.42. The molecule has 2 nitrogen and oxygen atoms in total. The second kappa shape index (κ2) is 3.61. The Morgan fingerprint density at radius 2 is 2.00 bits per heavy atom. The normalized spacial score (nSPS) is 12.1. The van der Waals surface area contributed by atoms with E-state index in [1.165, 1.54) is 11.8 Å². The fraction of sp³-hybridized carbons (Fsp3) is 0.273. The highest BCUT2D eigenvalue weighted by Gasteiger charge is 2.08. The van der Waals surface area contributed by atoms with Crippen LogP contribution in [0.4, 0.5) is 0 Å². The van der Waals surface area contributed by atoms with Gasteiger partial charge in [-0.05, 0) is 30.0 Å². The van der Waals surface area contributed by atoms with Gasteiger partial charge in [-0.25, -0.2) is 8.42 Å². The van der Waals surface area contributed by atoms with Gasteiger partial charge in [-0.1, -0.05) is 12.1 Å². The molecule has 0 aliphatic rings. The van der Waals surface area contributed by atoms with Crippen LogP contribution in [0, 0.1) is 6.92 Å². The standard InChI is InChI=1S/C11H12O2S2/c1-8-3-4-9-6-10(7-15(2,12)13)14-11(9)5-8/h3-6H,7H2,1-2H3. The van der Waals surface area contributed by atoms with E-state index in [-0.39, 0.29) is 5.75 Å². The molecule has 0 atom stereocenters. The minimum atomic E-state index is -2.92. The second-order valence-corrected chi connectivity index (χ2v) is 7.13. The topological polar surface area (TPSA) is 34.1 Å². The summed E-state index contributed by atoms with van der Waals surface area (Å²) in [6.45, 7) is 2.04. The van der Waals surface area contributed by atoms with Crippen LogP contribution in [-0.4, -0.2) is 14.7 Å². The van der Waals surface area contributed by atoms with E-state index in [1.807, 2.05) is 25.1 Å². The lowest BCUT2D eigenvalue weighted by atomic mass is 10.2. The molecule has 1 aromatic heterocycles. The second-order valence-electron chi connectivity index (χ2n) is 3.82. The van der Waals surface area contributed by atoms with E-state index >= 15 is 0 Å². The van der Waals surface area contributed by atoms with Gasteiger partial charge < -0.3 is 0 Å². The fourth-order valence-corrected chi connectivity index (χ4v) is 3.96. The molecule has 0 unspecified atom stereocenters. The summed E-state index contributed by atoms with van der Waals surface area (Å²) < 4.78 is 23.5. The minimum absolute atomic E-state index is 0.144. The minimum Gasteiger partial charge on any atom is -0.229 e. The number of rotatable bonds is 2. The number of aryl methyl sites for hydroxylation is 1. The van der Waals surface area contributed by atoms with E-state index in [0.717, 1.165) is 15.0 Å². The molecule has 0 spiro atoms. The van der Waals surface area contributed by atoms with Gasteiger partial charge in [0.2, 0.25) is 0 Å². The Labute approximate surface area is 93.5 Å². The summed E-state index contributed by atoms with van der Waals surface area (Å²) >= 11 is 1.56. The number of sulfone groups is 1. The molecule has 0 fully saturated rings.